The lowest BCUT2D eigenvalue weighted by atomic mass is 10.1. The molecule has 47 heavy (non-hydrogen) atoms. The van der Waals surface area contributed by atoms with Gasteiger partial charge in [0.1, 0.15) is 24.8 Å². The molecule has 4 heterocycles. The highest BCUT2D eigenvalue weighted by Gasteiger charge is 2.44. The predicted octanol–water partition coefficient (Wildman–Crippen LogP) is 4.88. The molecule has 2 aromatic heterocycles. The molecule has 0 aliphatic carbocycles. The van der Waals surface area contributed by atoms with E-state index >= 15 is 0 Å². The maximum atomic E-state index is 12.8. The van der Waals surface area contributed by atoms with Crippen LogP contribution in [-0.4, -0.2) is 69.6 Å². The van der Waals surface area contributed by atoms with Crippen LogP contribution < -0.4 is 20.2 Å². The lowest BCUT2D eigenvalue weighted by molar-refractivity contribution is -0.190. The van der Waals surface area contributed by atoms with Gasteiger partial charge in [-0.15, -0.1) is 0 Å². The van der Waals surface area contributed by atoms with Crippen molar-refractivity contribution in [3.8, 4) is 11.4 Å². The van der Waals surface area contributed by atoms with E-state index in [0.29, 0.717) is 19.8 Å². The summed E-state index contributed by atoms with van der Waals surface area (Å²) in [5.41, 5.74) is 4.00. The quantitative estimate of drug-likeness (QED) is 0.203. The van der Waals surface area contributed by atoms with E-state index in [0.717, 1.165) is 55.3 Å². The first-order valence-electron chi connectivity index (χ1n) is 16.4. The van der Waals surface area contributed by atoms with Crippen LogP contribution in [0.5, 0.6) is 5.75 Å². The van der Waals surface area contributed by atoms with Crippen LogP contribution in [-0.2, 0) is 21.8 Å². The van der Waals surface area contributed by atoms with E-state index in [4.69, 9.17) is 14.2 Å². The van der Waals surface area contributed by atoms with E-state index in [1.165, 1.54) is 5.69 Å². The Labute approximate surface area is 274 Å². The highest BCUT2D eigenvalue weighted by molar-refractivity contribution is 5.54. The van der Waals surface area contributed by atoms with E-state index in [1.54, 1.807) is 21.8 Å². The van der Waals surface area contributed by atoms with Gasteiger partial charge >= 0.3 is 5.69 Å². The van der Waals surface area contributed by atoms with E-state index in [-0.39, 0.29) is 17.8 Å². The summed E-state index contributed by atoms with van der Waals surface area (Å²) >= 11 is 0. The Morgan fingerprint density at radius 3 is 2.17 bits per heavy atom. The molecule has 3 aromatic carbocycles. The Morgan fingerprint density at radius 1 is 0.872 bits per heavy atom. The van der Waals surface area contributed by atoms with E-state index < -0.39 is 5.79 Å². The van der Waals surface area contributed by atoms with Crippen LogP contribution in [0, 0.1) is 0 Å². The minimum Gasteiger partial charge on any atom is -0.491 e. The summed E-state index contributed by atoms with van der Waals surface area (Å²) in [6.07, 6.45) is 5.92. The number of hydrogen-bond acceptors (Lipinski definition) is 8. The van der Waals surface area contributed by atoms with E-state index in [9.17, 15) is 4.79 Å². The van der Waals surface area contributed by atoms with Crippen molar-refractivity contribution in [1.29, 1.82) is 0 Å². The number of rotatable bonds is 11. The number of aromatic nitrogens is 5. The molecule has 0 unspecified atom stereocenters. The zero-order chi connectivity index (χ0) is 32.2. The van der Waals surface area contributed by atoms with Gasteiger partial charge in [0, 0.05) is 55.5 Å². The number of hydrogen-bond donors (Lipinski definition) is 0. The van der Waals surface area contributed by atoms with Gasteiger partial charge in [0.2, 0.25) is 5.79 Å². The topological polar surface area (TPSA) is 91.8 Å². The summed E-state index contributed by atoms with van der Waals surface area (Å²) in [7, 11) is 0. The average molecular weight is 636 g/mol. The second kappa shape index (κ2) is 13.5. The van der Waals surface area contributed by atoms with Gasteiger partial charge in [0.05, 0.1) is 24.9 Å². The first-order chi connectivity index (χ1) is 23.0. The van der Waals surface area contributed by atoms with Crippen LogP contribution in [0.4, 0.5) is 11.4 Å². The maximum Gasteiger partial charge on any atom is 0.350 e. The van der Waals surface area contributed by atoms with Crippen LogP contribution in [0.3, 0.4) is 0 Å². The lowest BCUT2D eigenvalue weighted by Crippen LogP contribution is -2.46. The van der Waals surface area contributed by atoms with Gasteiger partial charge < -0.3 is 24.0 Å². The summed E-state index contributed by atoms with van der Waals surface area (Å²) < 4.78 is 23.9. The van der Waals surface area contributed by atoms with Gasteiger partial charge in [-0.05, 0) is 67.9 Å². The molecule has 2 fully saturated rings. The van der Waals surface area contributed by atoms with Crippen molar-refractivity contribution in [2.45, 2.75) is 44.7 Å². The van der Waals surface area contributed by atoms with E-state index in [2.05, 4.69) is 51.2 Å². The van der Waals surface area contributed by atoms with Crippen LogP contribution in [0.2, 0.25) is 0 Å². The van der Waals surface area contributed by atoms with Crippen molar-refractivity contribution in [2.24, 2.45) is 0 Å². The minimum atomic E-state index is -0.911. The third-order valence-electron chi connectivity index (χ3n) is 9.11. The van der Waals surface area contributed by atoms with Crippen LogP contribution >= 0.6 is 0 Å². The summed E-state index contributed by atoms with van der Waals surface area (Å²) in [5.74, 6) is -0.110. The number of ether oxygens (including phenoxy) is 3. The normalized spacial score (nSPS) is 20.4. The molecular weight excluding hydrogens is 594 g/mol. The molecule has 5 aromatic rings. The van der Waals surface area contributed by atoms with Crippen molar-refractivity contribution in [3.63, 3.8) is 0 Å². The van der Waals surface area contributed by atoms with Crippen molar-refractivity contribution in [2.75, 3.05) is 49.2 Å². The first-order valence-corrected chi connectivity index (χ1v) is 16.4. The molecule has 2 aliphatic heterocycles. The third kappa shape index (κ3) is 6.54. The molecule has 11 heteroatoms. The monoisotopic (exact) mass is 635 g/mol. The van der Waals surface area contributed by atoms with Crippen molar-refractivity contribution < 1.29 is 14.2 Å². The number of nitrogens with zero attached hydrogens (tertiary/aromatic N) is 7. The highest BCUT2D eigenvalue weighted by atomic mass is 16.8. The van der Waals surface area contributed by atoms with Gasteiger partial charge in [-0.25, -0.2) is 14.0 Å². The first kappa shape index (κ1) is 30.8. The fourth-order valence-electron chi connectivity index (χ4n) is 6.23. The number of anilines is 2. The van der Waals surface area contributed by atoms with Gasteiger partial charge in [-0.1, -0.05) is 37.3 Å². The zero-order valence-corrected chi connectivity index (χ0v) is 26.9. The minimum absolute atomic E-state index is 0.0738. The molecule has 0 amide bonds. The fraction of sp³-hybridized carbons (Fsp3) is 0.361. The molecule has 0 N–H and O–H groups in total. The van der Waals surface area contributed by atoms with Crippen molar-refractivity contribution in [1.82, 2.24) is 24.1 Å². The summed E-state index contributed by atoms with van der Waals surface area (Å²) in [5, 5.41) is 8.67. The zero-order valence-electron chi connectivity index (χ0n) is 26.9. The number of benzene rings is 3. The molecule has 2 saturated heterocycles. The summed E-state index contributed by atoms with van der Waals surface area (Å²) in [4.78, 5) is 17.6. The molecule has 2 aliphatic rings. The fourth-order valence-corrected chi connectivity index (χ4v) is 6.23. The standard InChI is InChI=1S/C36H41N7O4/c1-3-28(2)43-35(44)42(27-38-43)32-12-10-30(11-13-32)39-20-22-40(23-21-39)31-14-16-33(17-15-31)45-24-34-25-46-36(47-34,26-41-19-7-18-37-41)29-8-5-4-6-9-29/h4-19,27-28,34H,3,20-26H2,1-2H3/t28-,34-,36-/m1/s1. The molecular formula is C36H41N7O4. The summed E-state index contributed by atoms with van der Waals surface area (Å²) in [6, 6.07) is 28.4. The smallest absolute Gasteiger partial charge is 0.350 e. The summed E-state index contributed by atoms with van der Waals surface area (Å²) in [6.45, 7) is 8.98. The molecule has 0 saturated carbocycles. The molecule has 11 nitrogen and oxygen atoms in total. The second-order valence-electron chi connectivity index (χ2n) is 12.2. The highest BCUT2D eigenvalue weighted by Crippen LogP contribution is 2.36. The van der Waals surface area contributed by atoms with E-state index in [1.807, 2.05) is 78.5 Å². The molecule has 7 rings (SSSR count). The Hall–Kier alpha value is -4.87. The van der Waals surface area contributed by atoms with Crippen LogP contribution in [0.15, 0.2) is 108 Å². The lowest BCUT2D eigenvalue weighted by Gasteiger charge is -2.37. The number of piperazine rings is 1. The molecule has 3 atom stereocenters. The Kier molecular flexibility index (Phi) is 8.82. The van der Waals surface area contributed by atoms with Gasteiger partial charge in [-0.2, -0.15) is 10.2 Å². The second-order valence-corrected chi connectivity index (χ2v) is 12.2. The molecule has 244 valence electrons. The molecule has 0 spiro atoms. The SMILES string of the molecule is CC[C@@H](C)n1ncn(-c2ccc(N3CCN(c4ccc(OC[C@@H]5CO[C@@](Cn6cccn6)(c6ccccc6)O5)cc4)CC3)cc2)c1=O. The third-order valence-corrected chi connectivity index (χ3v) is 9.11. The van der Waals surface area contributed by atoms with Crippen molar-refractivity contribution in [3.05, 3.63) is 120 Å². The van der Waals surface area contributed by atoms with Crippen LogP contribution in [0.25, 0.3) is 5.69 Å². The van der Waals surface area contributed by atoms with Crippen molar-refractivity contribution >= 4 is 11.4 Å². The van der Waals surface area contributed by atoms with Crippen LogP contribution in [0.1, 0.15) is 31.9 Å². The Bertz CT molecular complexity index is 1780. The Balaban J connectivity index is 0.913. The molecule has 0 bridgehead atoms. The predicted molar refractivity (Wildman–Crippen MR) is 180 cm³/mol. The van der Waals surface area contributed by atoms with Gasteiger partial charge in [-0.3, -0.25) is 4.68 Å². The average Bonchev–Trinajstić information content (AvgIpc) is 3.89. The van der Waals surface area contributed by atoms with Gasteiger partial charge in [0.25, 0.3) is 0 Å². The largest absolute Gasteiger partial charge is 0.491 e. The van der Waals surface area contributed by atoms with Gasteiger partial charge in [0.15, 0.2) is 0 Å². The molecule has 0 radical (unpaired) electrons. The Morgan fingerprint density at radius 2 is 1.53 bits per heavy atom. The maximum absolute atomic E-state index is 12.8.